The summed E-state index contributed by atoms with van der Waals surface area (Å²) in [5, 5.41) is 14.3. The lowest BCUT2D eigenvalue weighted by molar-refractivity contribution is -0.116. The van der Waals surface area contributed by atoms with Crippen LogP contribution in [0, 0.1) is 19.8 Å². The van der Waals surface area contributed by atoms with Crippen molar-refractivity contribution in [2.75, 3.05) is 11.9 Å². The van der Waals surface area contributed by atoms with Gasteiger partial charge in [-0.1, -0.05) is 26.0 Å². The fourth-order valence-corrected chi connectivity index (χ4v) is 3.52. The van der Waals surface area contributed by atoms with E-state index >= 15 is 0 Å². The van der Waals surface area contributed by atoms with Crippen molar-refractivity contribution in [3.8, 4) is 0 Å². The van der Waals surface area contributed by atoms with Crippen LogP contribution in [0.15, 0.2) is 29.3 Å². The number of carbonyl (C=O) groups is 1. The van der Waals surface area contributed by atoms with Crippen LogP contribution in [0.5, 0.6) is 0 Å². The van der Waals surface area contributed by atoms with Crippen LogP contribution < -0.4 is 16.0 Å². The average molecular weight is 427 g/mol. The largest absolute Gasteiger partial charge is 0.357 e. The van der Waals surface area contributed by atoms with Crippen molar-refractivity contribution in [2.45, 2.75) is 67.0 Å². The Labute approximate surface area is 186 Å². The van der Waals surface area contributed by atoms with Gasteiger partial charge in [-0.15, -0.1) is 0 Å². The monoisotopic (exact) mass is 426 g/mol. The first kappa shape index (κ1) is 24.4. The van der Waals surface area contributed by atoms with Crippen LogP contribution in [0.25, 0.3) is 0 Å². The molecule has 2 rings (SSSR count). The molecule has 7 heteroatoms. The van der Waals surface area contributed by atoms with E-state index in [4.69, 9.17) is 4.99 Å². The second kappa shape index (κ2) is 11.5. The molecular formula is C24H38N6O. The quantitative estimate of drug-likeness (QED) is 0.422. The topological polar surface area (TPSA) is 83.3 Å². The first-order valence-corrected chi connectivity index (χ1v) is 11.1. The summed E-state index contributed by atoms with van der Waals surface area (Å²) in [4.78, 5) is 16.8. The number of guanidine groups is 1. The van der Waals surface area contributed by atoms with E-state index in [0.717, 1.165) is 35.9 Å². The van der Waals surface area contributed by atoms with E-state index in [0.29, 0.717) is 18.9 Å². The summed E-state index contributed by atoms with van der Waals surface area (Å²) in [6, 6.07) is 8.08. The van der Waals surface area contributed by atoms with E-state index in [2.05, 4.69) is 48.7 Å². The molecule has 7 nitrogen and oxygen atoms in total. The molecule has 0 aliphatic carbocycles. The van der Waals surface area contributed by atoms with Crippen LogP contribution in [0.3, 0.4) is 0 Å². The van der Waals surface area contributed by atoms with Crippen molar-refractivity contribution in [1.29, 1.82) is 0 Å². The first-order valence-electron chi connectivity index (χ1n) is 11.1. The molecule has 2 aromatic rings. The summed E-state index contributed by atoms with van der Waals surface area (Å²) in [5.41, 5.74) is 5.41. The Hall–Kier alpha value is -2.83. The minimum absolute atomic E-state index is 0.0421. The second-order valence-corrected chi connectivity index (χ2v) is 8.56. The summed E-state index contributed by atoms with van der Waals surface area (Å²) in [6.45, 7) is 13.8. The number of benzene rings is 1. The van der Waals surface area contributed by atoms with E-state index in [1.54, 1.807) is 0 Å². The van der Waals surface area contributed by atoms with Gasteiger partial charge in [0.1, 0.15) is 0 Å². The van der Waals surface area contributed by atoms with Crippen molar-refractivity contribution >= 4 is 17.6 Å². The van der Waals surface area contributed by atoms with Crippen LogP contribution in [-0.2, 0) is 24.8 Å². The summed E-state index contributed by atoms with van der Waals surface area (Å²) >= 11 is 0. The van der Waals surface area contributed by atoms with Gasteiger partial charge in [0.2, 0.25) is 5.91 Å². The van der Waals surface area contributed by atoms with Crippen LogP contribution in [-0.4, -0.2) is 34.2 Å². The normalized spacial score (nSPS) is 12.7. The predicted octanol–water partition coefficient (Wildman–Crippen LogP) is 3.71. The summed E-state index contributed by atoms with van der Waals surface area (Å²) in [6.07, 6.45) is 1.40. The number of amides is 1. The number of hydrogen-bond acceptors (Lipinski definition) is 3. The van der Waals surface area contributed by atoms with Gasteiger partial charge in [-0.05, 0) is 63.3 Å². The number of aliphatic imine (C=N–C) groups is 1. The number of hydrogen-bond donors (Lipinski definition) is 3. The molecule has 1 heterocycles. The SMILES string of the molecule is CCNC(=NCc1cccc(NC(=O)CC(C)C)c1)NC(C)Cc1c(C)nn(C)c1C. The Bertz CT molecular complexity index is 899. The van der Waals surface area contributed by atoms with Gasteiger partial charge in [0, 0.05) is 37.4 Å². The van der Waals surface area contributed by atoms with Crippen LogP contribution >= 0.6 is 0 Å². The average Bonchev–Trinajstić information content (AvgIpc) is 2.92. The van der Waals surface area contributed by atoms with Crippen LogP contribution in [0.2, 0.25) is 0 Å². The summed E-state index contributed by atoms with van der Waals surface area (Å²) < 4.78 is 1.93. The number of rotatable bonds is 9. The highest BCUT2D eigenvalue weighted by Gasteiger charge is 2.14. The van der Waals surface area contributed by atoms with Gasteiger partial charge in [-0.3, -0.25) is 9.48 Å². The predicted molar refractivity (Wildman–Crippen MR) is 128 cm³/mol. The Kier molecular flexibility index (Phi) is 9.09. The number of aryl methyl sites for hydroxylation is 2. The zero-order valence-corrected chi connectivity index (χ0v) is 20.0. The molecule has 170 valence electrons. The maximum Gasteiger partial charge on any atom is 0.224 e. The molecule has 0 radical (unpaired) electrons. The highest BCUT2D eigenvalue weighted by molar-refractivity contribution is 5.90. The molecule has 1 unspecified atom stereocenters. The molecule has 3 N–H and O–H groups in total. The minimum atomic E-state index is 0.0421. The van der Waals surface area contributed by atoms with Crippen molar-refractivity contribution in [3.63, 3.8) is 0 Å². The van der Waals surface area contributed by atoms with Gasteiger partial charge < -0.3 is 16.0 Å². The smallest absolute Gasteiger partial charge is 0.224 e. The Morgan fingerprint density at radius 3 is 2.58 bits per heavy atom. The fourth-order valence-electron chi connectivity index (χ4n) is 3.52. The molecule has 1 atom stereocenters. The number of nitrogens with zero attached hydrogens (tertiary/aromatic N) is 3. The van der Waals surface area contributed by atoms with E-state index in [-0.39, 0.29) is 11.9 Å². The molecule has 1 aromatic carbocycles. The maximum atomic E-state index is 12.0. The van der Waals surface area contributed by atoms with Crippen LogP contribution in [0.1, 0.15) is 56.6 Å². The van der Waals surface area contributed by atoms with Crippen molar-refractivity contribution in [1.82, 2.24) is 20.4 Å². The molecule has 31 heavy (non-hydrogen) atoms. The highest BCUT2D eigenvalue weighted by Crippen LogP contribution is 2.15. The highest BCUT2D eigenvalue weighted by atomic mass is 16.1. The zero-order chi connectivity index (χ0) is 23.0. The standard InChI is InChI=1S/C24H38N6O/c1-8-25-24(27-17(4)13-22-18(5)29-30(7)19(22)6)26-15-20-10-9-11-21(14-20)28-23(31)12-16(2)3/h9-11,14,16-17H,8,12-13,15H2,1-7H3,(H,28,31)(H2,25,26,27). The molecule has 0 saturated carbocycles. The van der Waals surface area contributed by atoms with Gasteiger partial charge in [-0.25, -0.2) is 4.99 Å². The number of nitrogens with one attached hydrogen (secondary N) is 3. The molecule has 0 spiro atoms. The van der Waals surface area contributed by atoms with E-state index in [1.807, 2.05) is 49.8 Å². The maximum absolute atomic E-state index is 12.0. The Morgan fingerprint density at radius 2 is 1.97 bits per heavy atom. The molecule has 1 aromatic heterocycles. The van der Waals surface area contributed by atoms with Crippen molar-refractivity contribution in [2.24, 2.45) is 18.0 Å². The van der Waals surface area contributed by atoms with Crippen LogP contribution in [0.4, 0.5) is 5.69 Å². The number of carbonyl (C=O) groups excluding carboxylic acids is 1. The van der Waals surface area contributed by atoms with E-state index in [9.17, 15) is 4.79 Å². The Balaban J connectivity index is 2.02. The third-order valence-electron chi connectivity index (χ3n) is 5.12. The van der Waals surface area contributed by atoms with Gasteiger partial charge in [0.05, 0.1) is 12.2 Å². The summed E-state index contributed by atoms with van der Waals surface area (Å²) in [5.74, 6) is 1.16. The van der Waals surface area contributed by atoms with Gasteiger partial charge in [-0.2, -0.15) is 5.10 Å². The van der Waals surface area contributed by atoms with E-state index < -0.39 is 0 Å². The minimum Gasteiger partial charge on any atom is -0.357 e. The molecule has 0 fully saturated rings. The molecule has 0 saturated heterocycles. The second-order valence-electron chi connectivity index (χ2n) is 8.56. The third-order valence-corrected chi connectivity index (χ3v) is 5.12. The van der Waals surface area contributed by atoms with Crippen molar-refractivity contribution < 1.29 is 4.79 Å². The fraction of sp³-hybridized carbons (Fsp3) is 0.542. The lowest BCUT2D eigenvalue weighted by atomic mass is 10.1. The van der Waals surface area contributed by atoms with Gasteiger partial charge in [0.15, 0.2) is 5.96 Å². The lowest BCUT2D eigenvalue weighted by Crippen LogP contribution is -2.43. The Morgan fingerprint density at radius 1 is 1.23 bits per heavy atom. The number of aromatic nitrogens is 2. The van der Waals surface area contributed by atoms with Crippen molar-refractivity contribution in [3.05, 3.63) is 46.8 Å². The summed E-state index contributed by atoms with van der Waals surface area (Å²) in [7, 11) is 1.98. The van der Waals surface area contributed by atoms with Gasteiger partial charge >= 0.3 is 0 Å². The molecule has 0 bridgehead atoms. The molecule has 1 amide bonds. The van der Waals surface area contributed by atoms with E-state index in [1.165, 1.54) is 11.3 Å². The lowest BCUT2D eigenvalue weighted by Gasteiger charge is -2.18. The number of anilines is 1. The molecular weight excluding hydrogens is 388 g/mol. The zero-order valence-electron chi connectivity index (χ0n) is 20.0. The first-order chi connectivity index (χ1) is 14.7. The van der Waals surface area contributed by atoms with Gasteiger partial charge in [0.25, 0.3) is 0 Å². The molecule has 0 aliphatic rings. The molecule has 0 aliphatic heterocycles. The third kappa shape index (κ3) is 7.74.